The second-order valence-electron chi connectivity index (χ2n) is 7.28. The number of hydrogen-bond donors (Lipinski definition) is 0. The first-order valence-electron chi connectivity index (χ1n) is 7.37. The van der Waals surface area contributed by atoms with E-state index < -0.39 is 22.7 Å². The van der Waals surface area contributed by atoms with Crippen LogP contribution in [0.2, 0.25) is 0 Å². The summed E-state index contributed by atoms with van der Waals surface area (Å²) >= 11 is 0. The molecule has 2 aliphatic carbocycles. The number of hydrogen-bond acceptors (Lipinski definition) is 4. The molecule has 0 aromatic heterocycles. The van der Waals surface area contributed by atoms with Gasteiger partial charge in [0.2, 0.25) is 0 Å². The Morgan fingerprint density at radius 2 is 1.10 bits per heavy atom. The maximum absolute atomic E-state index is 12.5. The first-order valence-corrected chi connectivity index (χ1v) is 7.37. The van der Waals surface area contributed by atoms with Crippen LogP contribution < -0.4 is 0 Å². The lowest BCUT2D eigenvalue weighted by molar-refractivity contribution is -0.161. The number of carbonyl (C=O) groups excluding carboxylic acids is 2. The van der Waals surface area contributed by atoms with E-state index in [4.69, 9.17) is 9.47 Å². The Bertz CT molecular complexity index is 499. The van der Waals surface area contributed by atoms with Crippen LogP contribution in [-0.4, -0.2) is 26.2 Å². The van der Waals surface area contributed by atoms with Crippen LogP contribution in [0.3, 0.4) is 0 Å². The first kappa shape index (κ1) is 16.1. The number of rotatable bonds is 2. The van der Waals surface area contributed by atoms with Crippen molar-refractivity contribution in [2.24, 2.45) is 28.1 Å². The molecule has 0 aromatic carbocycles. The molecule has 4 heteroatoms. The summed E-state index contributed by atoms with van der Waals surface area (Å²) < 4.78 is 10.1. The summed E-state index contributed by atoms with van der Waals surface area (Å²) in [6.07, 6.45) is 0. The Balaban J connectivity index is 2.79. The number of methoxy groups -OCH3 is 2. The fraction of sp³-hybridized carbons (Fsp3) is 0.765. The highest BCUT2D eigenvalue weighted by Crippen LogP contribution is 2.78. The highest BCUT2D eigenvalue weighted by molar-refractivity contribution is 5.87. The predicted octanol–water partition coefficient (Wildman–Crippen LogP) is 2.97. The minimum Gasteiger partial charge on any atom is -0.469 e. The summed E-state index contributed by atoms with van der Waals surface area (Å²) in [5.41, 5.74) is 1.36. The lowest BCUT2D eigenvalue weighted by Crippen LogP contribution is -2.43. The van der Waals surface area contributed by atoms with Crippen molar-refractivity contribution in [2.75, 3.05) is 14.2 Å². The number of ether oxygens (including phenoxy) is 2. The molecular weight excluding hydrogens is 268 g/mol. The quantitative estimate of drug-likeness (QED) is 0.580. The van der Waals surface area contributed by atoms with Crippen molar-refractivity contribution in [1.29, 1.82) is 0 Å². The molecule has 4 nitrogen and oxygen atoms in total. The molecule has 2 aliphatic rings. The van der Waals surface area contributed by atoms with E-state index in [-0.39, 0.29) is 17.4 Å². The molecule has 118 valence electrons. The Hall–Kier alpha value is -1.32. The molecule has 0 aliphatic heterocycles. The van der Waals surface area contributed by atoms with Gasteiger partial charge in [-0.3, -0.25) is 9.59 Å². The third-order valence-corrected chi connectivity index (χ3v) is 7.20. The van der Waals surface area contributed by atoms with Gasteiger partial charge in [-0.2, -0.15) is 0 Å². The van der Waals surface area contributed by atoms with E-state index in [2.05, 4.69) is 41.5 Å². The first-order chi connectivity index (χ1) is 9.53. The van der Waals surface area contributed by atoms with Crippen LogP contribution in [0.15, 0.2) is 11.1 Å². The highest BCUT2D eigenvalue weighted by atomic mass is 16.5. The Morgan fingerprint density at radius 3 is 1.33 bits per heavy atom. The molecule has 4 atom stereocenters. The standard InChI is InChI=1S/C17H26O4/c1-9-10(2)17(6)12(14(19)21-8)11(13(18)20-7)16(9,5)15(17,3)4/h11-12H,1-8H3/t11-,12-,16-,17-/m1/s1. The molecule has 0 spiro atoms. The normalized spacial score (nSPS) is 40.4. The van der Waals surface area contributed by atoms with E-state index in [1.54, 1.807) is 0 Å². The molecule has 0 unspecified atom stereocenters. The fourth-order valence-corrected chi connectivity index (χ4v) is 5.16. The van der Waals surface area contributed by atoms with Gasteiger partial charge >= 0.3 is 11.9 Å². The smallest absolute Gasteiger partial charge is 0.310 e. The molecule has 2 rings (SSSR count). The summed E-state index contributed by atoms with van der Waals surface area (Å²) in [7, 11) is 2.76. The number of fused-ring (bicyclic) bond motifs is 2. The van der Waals surface area contributed by atoms with Crippen LogP contribution in [0.4, 0.5) is 0 Å². The Labute approximate surface area is 126 Å². The molecule has 0 amide bonds. The van der Waals surface area contributed by atoms with Crippen molar-refractivity contribution < 1.29 is 19.1 Å². The van der Waals surface area contributed by atoms with Gasteiger partial charge in [-0.25, -0.2) is 0 Å². The average molecular weight is 294 g/mol. The van der Waals surface area contributed by atoms with Crippen molar-refractivity contribution in [3.8, 4) is 0 Å². The fourth-order valence-electron chi connectivity index (χ4n) is 5.16. The maximum Gasteiger partial charge on any atom is 0.310 e. The van der Waals surface area contributed by atoms with Crippen LogP contribution in [0, 0.1) is 28.1 Å². The summed E-state index contributed by atoms with van der Waals surface area (Å²) in [5.74, 6) is -1.65. The van der Waals surface area contributed by atoms with Crippen LogP contribution >= 0.6 is 0 Å². The second-order valence-corrected chi connectivity index (χ2v) is 7.28. The minimum absolute atomic E-state index is 0.230. The number of allylic oxidation sites excluding steroid dienone is 2. The van der Waals surface area contributed by atoms with Gasteiger partial charge in [0.15, 0.2) is 0 Å². The van der Waals surface area contributed by atoms with Gasteiger partial charge in [-0.1, -0.05) is 38.8 Å². The molecule has 0 saturated heterocycles. The van der Waals surface area contributed by atoms with E-state index in [9.17, 15) is 9.59 Å². The summed E-state index contributed by atoms with van der Waals surface area (Å²) in [5, 5.41) is 0. The van der Waals surface area contributed by atoms with Gasteiger partial charge in [-0.05, 0) is 19.3 Å². The number of carbonyl (C=O) groups is 2. The van der Waals surface area contributed by atoms with Crippen molar-refractivity contribution in [3.05, 3.63) is 11.1 Å². The predicted molar refractivity (Wildman–Crippen MR) is 79.4 cm³/mol. The zero-order chi connectivity index (χ0) is 16.4. The summed E-state index contributed by atoms with van der Waals surface area (Å²) in [6, 6.07) is 0. The molecule has 0 aromatic rings. The topological polar surface area (TPSA) is 52.6 Å². The Morgan fingerprint density at radius 1 is 0.810 bits per heavy atom. The van der Waals surface area contributed by atoms with Crippen molar-refractivity contribution in [1.82, 2.24) is 0 Å². The molecule has 0 radical (unpaired) electrons. The number of esters is 2. The van der Waals surface area contributed by atoms with E-state index in [0.717, 1.165) is 0 Å². The highest BCUT2D eigenvalue weighted by Gasteiger charge is 2.77. The summed E-state index contributed by atoms with van der Waals surface area (Å²) in [4.78, 5) is 24.9. The monoisotopic (exact) mass is 294 g/mol. The molecule has 1 saturated carbocycles. The van der Waals surface area contributed by atoms with Gasteiger partial charge in [0.05, 0.1) is 26.1 Å². The third kappa shape index (κ3) is 1.41. The molecule has 2 bridgehead atoms. The van der Waals surface area contributed by atoms with Crippen molar-refractivity contribution >= 4 is 11.9 Å². The minimum atomic E-state index is -0.501. The van der Waals surface area contributed by atoms with Crippen LogP contribution in [-0.2, 0) is 19.1 Å². The van der Waals surface area contributed by atoms with Crippen LogP contribution in [0.5, 0.6) is 0 Å². The van der Waals surface area contributed by atoms with E-state index >= 15 is 0 Å². The van der Waals surface area contributed by atoms with E-state index in [0.29, 0.717) is 0 Å². The molecule has 0 heterocycles. The molecule has 1 fully saturated rings. The Kier molecular flexibility index (Phi) is 3.32. The zero-order valence-electron chi connectivity index (χ0n) is 14.3. The maximum atomic E-state index is 12.5. The second kappa shape index (κ2) is 4.34. The van der Waals surface area contributed by atoms with Gasteiger partial charge in [0.25, 0.3) is 0 Å². The van der Waals surface area contributed by atoms with E-state index in [1.807, 2.05) is 0 Å². The SMILES string of the molecule is COC(=O)[C@H]1[C@H](C(=O)OC)[C@@]2(C)C(C)=C(C)[C@@]1(C)C2(C)C. The van der Waals surface area contributed by atoms with Gasteiger partial charge in [-0.15, -0.1) is 0 Å². The van der Waals surface area contributed by atoms with Gasteiger partial charge in [0.1, 0.15) is 0 Å². The van der Waals surface area contributed by atoms with Crippen LogP contribution in [0.1, 0.15) is 41.5 Å². The van der Waals surface area contributed by atoms with E-state index in [1.165, 1.54) is 25.4 Å². The summed E-state index contributed by atoms with van der Waals surface area (Å²) in [6.45, 7) is 12.6. The van der Waals surface area contributed by atoms with Crippen molar-refractivity contribution in [2.45, 2.75) is 41.5 Å². The average Bonchev–Trinajstić information content (AvgIpc) is 2.65. The molecule has 21 heavy (non-hydrogen) atoms. The van der Waals surface area contributed by atoms with Crippen molar-refractivity contribution in [3.63, 3.8) is 0 Å². The lowest BCUT2D eigenvalue weighted by Gasteiger charge is -2.42. The van der Waals surface area contributed by atoms with Crippen LogP contribution in [0.25, 0.3) is 0 Å². The van der Waals surface area contributed by atoms with Gasteiger partial charge in [0, 0.05) is 10.8 Å². The van der Waals surface area contributed by atoms with Gasteiger partial charge < -0.3 is 9.47 Å². The molecule has 0 N–H and O–H groups in total. The molecular formula is C17H26O4. The lowest BCUT2D eigenvalue weighted by atomic mass is 9.61. The zero-order valence-corrected chi connectivity index (χ0v) is 14.3. The third-order valence-electron chi connectivity index (χ3n) is 7.20. The largest absolute Gasteiger partial charge is 0.469 e.